The lowest BCUT2D eigenvalue weighted by Crippen LogP contribution is -2.42. The van der Waals surface area contributed by atoms with E-state index < -0.39 is 0 Å². The second kappa shape index (κ2) is 10.5. The van der Waals surface area contributed by atoms with Crippen molar-refractivity contribution in [3.05, 3.63) is 20.8 Å². The van der Waals surface area contributed by atoms with Gasteiger partial charge in [0, 0.05) is 24.6 Å². The standard InChI is InChI=1S/C23H33N3O3S2/c1-3-25(16-9-5-4-6-10-16)19(27)15-30-23-24-21-20(22(28)26(23)13-14-29-2)17-11-7-8-12-18(17)31-21/h16H,3-15H2,1-2H3. The number of nitrogens with zero attached hydrogens (tertiary/aromatic N) is 3. The lowest BCUT2D eigenvalue weighted by Gasteiger charge is -2.33. The summed E-state index contributed by atoms with van der Waals surface area (Å²) in [5.74, 6) is 0.470. The van der Waals surface area contributed by atoms with E-state index in [0.717, 1.165) is 48.9 Å². The van der Waals surface area contributed by atoms with Gasteiger partial charge in [0.05, 0.1) is 24.3 Å². The van der Waals surface area contributed by atoms with Crippen LogP contribution < -0.4 is 5.56 Å². The van der Waals surface area contributed by atoms with E-state index in [2.05, 4.69) is 6.92 Å². The van der Waals surface area contributed by atoms with Crippen LogP contribution in [0.4, 0.5) is 0 Å². The maximum absolute atomic E-state index is 13.4. The van der Waals surface area contributed by atoms with Crippen molar-refractivity contribution in [2.75, 3.05) is 26.0 Å². The molecule has 8 heteroatoms. The Kier molecular flexibility index (Phi) is 7.72. The van der Waals surface area contributed by atoms with Crippen molar-refractivity contribution in [1.82, 2.24) is 14.5 Å². The number of carbonyl (C=O) groups is 1. The van der Waals surface area contributed by atoms with Crippen molar-refractivity contribution in [2.24, 2.45) is 0 Å². The molecule has 0 aliphatic heterocycles. The summed E-state index contributed by atoms with van der Waals surface area (Å²) in [6.45, 7) is 3.71. The van der Waals surface area contributed by atoms with E-state index in [1.54, 1.807) is 23.0 Å². The number of rotatable bonds is 8. The molecule has 0 spiro atoms. The van der Waals surface area contributed by atoms with E-state index in [-0.39, 0.29) is 11.5 Å². The fourth-order valence-corrected chi connectivity index (χ4v) is 7.16. The van der Waals surface area contributed by atoms with Gasteiger partial charge in [0.15, 0.2) is 5.16 Å². The summed E-state index contributed by atoms with van der Waals surface area (Å²) in [5.41, 5.74) is 1.23. The van der Waals surface area contributed by atoms with E-state index in [1.165, 1.54) is 47.9 Å². The summed E-state index contributed by atoms with van der Waals surface area (Å²) in [6, 6.07) is 0.363. The van der Waals surface area contributed by atoms with Gasteiger partial charge >= 0.3 is 0 Å². The first-order valence-electron chi connectivity index (χ1n) is 11.6. The summed E-state index contributed by atoms with van der Waals surface area (Å²) in [4.78, 5) is 35.5. The van der Waals surface area contributed by atoms with Gasteiger partial charge in [-0.05, 0) is 51.0 Å². The van der Waals surface area contributed by atoms with Crippen molar-refractivity contribution in [1.29, 1.82) is 0 Å². The summed E-state index contributed by atoms with van der Waals surface area (Å²) in [5, 5.41) is 1.44. The average molecular weight is 464 g/mol. The van der Waals surface area contributed by atoms with Crippen molar-refractivity contribution < 1.29 is 9.53 Å². The molecule has 1 amide bonds. The number of thioether (sulfide) groups is 1. The van der Waals surface area contributed by atoms with Gasteiger partial charge in [0.2, 0.25) is 5.91 Å². The van der Waals surface area contributed by atoms with Crippen LogP contribution in [0.3, 0.4) is 0 Å². The van der Waals surface area contributed by atoms with Crippen molar-refractivity contribution in [3.8, 4) is 0 Å². The number of hydrogen-bond donors (Lipinski definition) is 0. The third kappa shape index (κ3) is 4.86. The van der Waals surface area contributed by atoms with Crippen molar-refractivity contribution in [3.63, 3.8) is 0 Å². The molecule has 6 nitrogen and oxygen atoms in total. The van der Waals surface area contributed by atoms with E-state index >= 15 is 0 Å². The first-order chi connectivity index (χ1) is 15.1. The summed E-state index contributed by atoms with van der Waals surface area (Å²) >= 11 is 3.06. The Morgan fingerprint density at radius 1 is 1.23 bits per heavy atom. The van der Waals surface area contributed by atoms with Gasteiger partial charge in [-0.15, -0.1) is 11.3 Å². The molecule has 0 atom stereocenters. The Labute approximate surface area is 192 Å². The molecule has 2 heterocycles. The first kappa shape index (κ1) is 22.8. The summed E-state index contributed by atoms with van der Waals surface area (Å²) in [6.07, 6.45) is 10.2. The number of fused-ring (bicyclic) bond motifs is 3. The molecule has 0 bridgehead atoms. The number of carbonyl (C=O) groups excluding carboxylic acids is 1. The molecule has 170 valence electrons. The van der Waals surface area contributed by atoms with Crippen LogP contribution >= 0.6 is 23.1 Å². The topological polar surface area (TPSA) is 64.4 Å². The number of amides is 1. The SMILES string of the molecule is CCN(C(=O)CSc1nc2sc3c(c2c(=O)n1CCOC)CCCC3)C1CCCCC1. The predicted octanol–water partition coefficient (Wildman–Crippen LogP) is 4.26. The second-order valence-corrected chi connectivity index (χ2v) is 10.5. The largest absolute Gasteiger partial charge is 0.383 e. The molecule has 0 aromatic carbocycles. The van der Waals surface area contributed by atoms with Crippen molar-refractivity contribution >= 4 is 39.2 Å². The zero-order valence-electron chi connectivity index (χ0n) is 18.7. The highest BCUT2D eigenvalue weighted by molar-refractivity contribution is 7.99. The Morgan fingerprint density at radius 2 is 2.00 bits per heavy atom. The number of aromatic nitrogens is 2. The number of hydrogen-bond acceptors (Lipinski definition) is 6. The quantitative estimate of drug-likeness (QED) is 0.432. The maximum atomic E-state index is 13.4. The van der Waals surface area contributed by atoms with Crippen LogP contribution in [0.5, 0.6) is 0 Å². The first-order valence-corrected chi connectivity index (χ1v) is 13.4. The van der Waals surface area contributed by atoms with Crippen LogP contribution in [0.1, 0.15) is 62.3 Å². The number of ether oxygens (including phenoxy) is 1. The minimum Gasteiger partial charge on any atom is -0.383 e. The lowest BCUT2D eigenvalue weighted by molar-refractivity contribution is -0.131. The van der Waals surface area contributed by atoms with Gasteiger partial charge in [-0.25, -0.2) is 4.98 Å². The van der Waals surface area contributed by atoms with Crippen LogP contribution in [-0.4, -0.2) is 52.4 Å². The Balaban J connectivity index is 1.59. The minimum absolute atomic E-state index is 0.0241. The number of thiophene rings is 1. The highest BCUT2D eigenvalue weighted by Crippen LogP contribution is 2.35. The number of methoxy groups -OCH3 is 1. The van der Waals surface area contributed by atoms with Crippen LogP contribution in [0, 0.1) is 0 Å². The molecular weight excluding hydrogens is 430 g/mol. The average Bonchev–Trinajstić information content (AvgIpc) is 3.17. The fraction of sp³-hybridized carbons (Fsp3) is 0.696. The molecule has 2 aliphatic rings. The molecule has 31 heavy (non-hydrogen) atoms. The minimum atomic E-state index is 0.0241. The van der Waals surface area contributed by atoms with Crippen LogP contribution in [0.15, 0.2) is 9.95 Å². The molecule has 0 N–H and O–H groups in total. The van der Waals surface area contributed by atoms with Gasteiger partial charge in [-0.2, -0.15) is 0 Å². The van der Waals surface area contributed by atoms with Crippen LogP contribution in [0.2, 0.25) is 0 Å². The van der Waals surface area contributed by atoms with Crippen molar-refractivity contribution in [2.45, 2.75) is 82.5 Å². The number of aryl methyl sites for hydroxylation is 2. The normalized spacial score (nSPS) is 17.1. The maximum Gasteiger partial charge on any atom is 0.263 e. The van der Waals surface area contributed by atoms with Crippen LogP contribution in [-0.2, 0) is 28.9 Å². The molecule has 0 saturated heterocycles. The van der Waals surface area contributed by atoms with Crippen LogP contribution in [0.25, 0.3) is 10.2 Å². The smallest absolute Gasteiger partial charge is 0.263 e. The van der Waals surface area contributed by atoms with Gasteiger partial charge < -0.3 is 9.64 Å². The molecule has 2 aromatic rings. The van der Waals surface area contributed by atoms with E-state index in [0.29, 0.717) is 30.1 Å². The summed E-state index contributed by atoms with van der Waals surface area (Å²) < 4.78 is 6.98. The van der Waals surface area contributed by atoms with Gasteiger partial charge in [-0.1, -0.05) is 31.0 Å². The molecule has 4 rings (SSSR count). The van der Waals surface area contributed by atoms with E-state index in [9.17, 15) is 9.59 Å². The van der Waals surface area contributed by atoms with Gasteiger partial charge in [0.1, 0.15) is 4.83 Å². The second-order valence-electron chi connectivity index (χ2n) is 8.50. The Morgan fingerprint density at radius 3 is 2.74 bits per heavy atom. The molecule has 0 unspecified atom stereocenters. The van der Waals surface area contributed by atoms with Gasteiger partial charge in [-0.3, -0.25) is 14.2 Å². The molecule has 1 fully saturated rings. The molecular formula is C23H33N3O3S2. The highest BCUT2D eigenvalue weighted by Gasteiger charge is 2.26. The zero-order chi connectivity index (χ0) is 21.8. The fourth-order valence-electron chi connectivity index (χ4n) is 4.95. The third-order valence-corrected chi connectivity index (χ3v) is 8.71. The predicted molar refractivity (Wildman–Crippen MR) is 127 cm³/mol. The Bertz CT molecular complexity index is 979. The Hall–Kier alpha value is -1.38. The molecule has 1 saturated carbocycles. The molecule has 2 aromatic heterocycles. The zero-order valence-corrected chi connectivity index (χ0v) is 20.3. The third-order valence-electron chi connectivity index (χ3n) is 6.56. The molecule has 2 aliphatic carbocycles. The molecule has 0 radical (unpaired) electrons. The monoisotopic (exact) mass is 463 g/mol. The van der Waals surface area contributed by atoms with E-state index in [1.807, 2.05) is 4.90 Å². The van der Waals surface area contributed by atoms with Gasteiger partial charge in [0.25, 0.3) is 5.56 Å². The lowest BCUT2D eigenvalue weighted by atomic mass is 9.94. The van der Waals surface area contributed by atoms with E-state index in [4.69, 9.17) is 9.72 Å². The highest BCUT2D eigenvalue weighted by atomic mass is 32.2. The summed E-state index contributed by atoms with van der Waals surface area (Å²) in [7, 11) is 1.64.